The predicted octanol–water partition coefficient (Wildman–Crippen LogP) is 2.21. The van der Waals surface area contributed by atoms with Gasteiger partial charge >= 0.3 is 0 Å². The Morgan fingerprint density at radius 3 is 3.15 bits per heavy atom. The van der Waals surface area contributed by atoms with E-state index in [4.69, 9.17) is 0 Å². The Kier molecular flexibility index (Phi) is 2.12. The molecule has 0 N–H and O–H groups in total. The molecule has 1 aromatic heterocycles. The van der Waals surface area contributed by atoms with Crippen LogP contribution in [0, 0.1) is 0 Å². The number of rotatable bonds is 0. The molecule has 1 aliphatic rings. The standard InChI is InChI=1S/C10H13NOS/c1-7-9-4-6-13-10(9)3-5-11(7)8(2)12/h4,6-7H,3,5H2,1-2H3. The first-order valence-corrected chi connectivity index (χ1v) is 5.41. The summed E-state index contributed by atoms with van der Waals surface area (Å²) in [5.41, 5.74) is 1.34. The number of amides is 1. The largest absolute Gasteiger partial charge is 0.336 e. The Morgan fingerprint density at radius 1 is 1.69 bits per heavy atom. The summed E-state index contributed by atoms with van der Waals surface area (Å²) in [5.74, 6) is 0.185. The van der Waals surface area contributed by atoms with E-state index in [0.717, 1.165) is 13.0 Å². The highest BCUT2D eigenvalue weighted by Gasteiger charge is 2.25. The first kappa shape index (κ1) is 8.75. The molecule has 0 fully saturated rings. The minimum atomic E-state index is 0.185. The summed E-state index contributed by atoms with van der Waals surface area (Å²) in [6.45, 7) is 4.63. The lowest BCUT2D eigenvalue weighted by Crippen LogP contribution is -2.36. The monoisotopic (exact) mass is 195 g/mol. The number of thiophene rings is 1. The Balaban J connectivity index is 2.32. The minimum Gasteiger partial charge on any atom is -0.336 e. The predicted molar refractivity (Wildman–Crippen MR) is 53.8 cm³/mol. The summed E-state index contributed by atoms with van der Waals surface area (Å²) < 4.78 is 0. The molecule has 1 amide bonds. The van der Waals surface area contributed by atoms with Gasteiger partial charge in [0.15, 0.2) is 0 Å². The fourth-order valence-corrected chi connectivity index (χ4v) is 2.90. The molecule has 0 radical (unpaired) electrons. The van der Waals surface area contributed by atoms with Crippen LogP contribution >= 0.6 is 11.3 Å². The maximum atomic E-state index is 11.3. The van der Waals surface area contributed by atoms with E-state index in [1.54, 1.807) is 18.3 Å². The van der Waals surface area contributed by atoms with Gasteiger partial charge in [-0.05, 0) is 30.4 Å². The summed E-state index contributed by atoms with van der Waals surface area (Å²) >= 11 is 1.80. The van der Waals surface area contributed by atoms with Gasteiger partial charge in [0.05, 0.1) is 6.04 Å². The molecule has 2 nitrogen and oxygen atoms in total. The van der Waals surface area contributed by atoms with Gasteiger partial charge in [0.25, 0.3) is 0 Å². The highest BCUT2D eigenvalue weighted by atomic mass is 32.1. The first-order chi connectivity index (χ1) is 6.20. The molecule has 3 heteroatoms. The van der Waals surface area contributed by atoms with E-state index >= 15 is 0 Å². The van der Waals surface area contributed by atoms with Crippen molar-refractivity contribution in [2.24, 2.45) is 0 Å². The third-order valence-corrected chi connectivity index (χ3v) is 3.68. The summed E-state index contributed by atoms with van der Waals surface area (Å²) in [7, 11) is 0. The third-order valence-electron chi connectivity index (χ3n) is 2.68. The van der Waals surface area contributed by atoms with Crippen LogP contribution in [0.15, 0.2) is 11.4 Å². The lowest BCUT2D eigenvalue weighted by molar-refractivity contribution is -0.131. The van der Waals surface area contributed by atoms with Gasteiger partial charge in [-0.25, -0.2) is 0 Å². The van der Waals surface area contributed by atoms with Crippen LogP contribution < -0.4 is 0 Å². The Labute approximate surface area is 82.2 Å². The second kappa shape index (κ2) is 3.14. The molecule has 0 saturated carbocycles. The molecule has 0 aliphatic carbocycles. The number of hydrogen-bond donors (Lipinski definition) is 0. The number of fused-ring (bicyclic) bond motifs is 1. The maximum Gasteiger partial charge on any atom is 0.219 e. The van der Waals surface area contributed by atoms with Crippen LogP contribution in [-0.4, -0.2) is 17.4 Å². The zero-order chi connectivity index (χ0) is 9.42. The molecule has 0 aromatic carbocycles. The highest BCUT2D eigenvalue weighted by Crippen LogP contribution is 2.32. The van der Waals surface area contributed by atoms with E-state index in [-0.39, 0.29) is 11.9 Å². The van der Waals surface area contributed by atoms with Gasteiger partial charge in [-0.1, -0.05) is 0 Å². The van der Waals surface area contributed by atoms with Gasteiger partial charge in [-0.15, -0.1) is 11.3 Å². The van der Waals surface area contributed by atoms with Gasteiger partial charge in [-0.2, -0.15) is 0 Å². The van der Waals surface area contributed by atoms with Gasteiger partial charge in [0.2, 0.25) is 5.91 Å². The average molecular weight is 195 g/mol. The van der Waals surface area contributed by atoms with Crippen molar-refractivity contribution in [3.63, 3.8) is 0 Å². The summed E-state index contributed by atoms with van der Waals surface area (Å²) in [4.78, 5) is 14.7. The van der Waals surface area contributed by atoms with Crippen LogP contribution in [0.5, 0.6) is 0 Å². The Bertz CT molecular complexity index is 331. The number of hydrogen-bond acceptors (Lipinski definition) is 2. The molecule has 70 valence electrons. The lowest BCUT2D eigenvalue weighted by atomic mass is 10.0. The molecule has 1 unspecified atom stereocenters. The van der Waals surface area contributed by atoms with Crippen LogP contribution in [0.2, 0.25) is 0 Å². The second-order valence-electron chi connectivity index (χ2n) is 3.44. The van der Waals surface area contributed by atoms with E-state index in [9.17, 15) is 4.79 Å². The van der Waals surface area contributed by atoms with Crippen LogP contribution in [-0.2, 0) is 11.2 Å². The molecule has 1 aromatic rings. The van der Waals surface area contributed by atoms with Crippen molar-refractivity contribution in [1.82, 2.24) is 4.90 Å². The smallest absolute Gasteiger partial charge is 0.219 e. The quantitative estimate of drug-likeness (QED) is 0.621. The fraction of sp³-hybridized carbons (Fsp3) is 0.500. The second-order valence-corrected chi connectivity index (χ2v) is 4.44. The van der Waals surface area contributed by atoms with E-state index in [1.165, 1.54) is 10.4 Å². The topological polar surface area (TPSA) is 20.3 Å². The molecule has 0 bridgehead atoms. The van der Waals surface area contributed by atoms with Crippen molar-refractivity contribution in [2.75, 3.05) is 6.54 Å². The molecular formula is C10H13NOS. The minimum absolute atomic E-state index is 0.185. The van der Waals surface area contributed by atoms with Crippen molar-refractivity contribution in [3.8, 4) is 0 Å². The number of nitrogens with zero attached hydrogens (tertiary/aromatic N) is 1. The number of carbonyl (C=O) groups is 1. The zero-order valence-electron chi connectivity index (χ0n) is 7.91. The summed E-state index contributed by atoms with van der Waals surface area (Å²) in [5, 5.41) is 2.12. The van der Waals surface area contributed by atoms with Crippen molar-refractivity contribution in [1.29, 1.82) is 0 Å². The molecule has 2 heterocycles. The van der Waals surface area contributed by atoms with E-state index in [2.05, 4.69) is 18.4 Å². The molecule has 2 rings (SSSR count). The summed E-state index contributed by atoms with van der Waals surface area (Å²) in [6.07, 6.45) is 1.02. The Morgan fingerprint density at radius 2 is 2.46 bits per heavy atom. The average Bonchev–Trinajstić information content (AvgIpc) is 2.52. The Hall–Kier alpha value is -0.830. The maximum absolute atomic E-state index is 11.3. The van der Waals surface area contributed by atoms with E-state index in [0.29, 0.717) is 0 Å². The number of carbonyl (C=O) groups excluding carboxylic acids is 1. The first-order valence-electron chi connectivity index (χ1n) is 4.53. The molecule has 0 spiro atoms. The SMILES string of the molecule is CC(=O)N1CCc2sccc2C1C. The lowest BCUT2D eigenvalue weighted by Gasteiger charge is -2.32. The van der Waals surface area contributed by atoms with Crippen molar-refractivity contribution < 1.29 is 4.79 Å². The molecule has 1 aliphatic heterocycles. The van der Waals surface area contributed by atoms with Crippen LogP contribution in [0.1, 0.15) is 30.3 Å². The van der Waals surface area contributed by atoms with Gasteiger partial charge in [-0.3, -0.25) is 4.79 Å². The van der Waals surface area contributed by atoms with E-state index < -0.39 is 0 Å². The van der Waals surface area contributed by atoms with Crippen molar-refractivity contribution in [2.45, 2.75) is 26.3 Å². The van der Waals surface area contributed by atoms with E-state index in [1.807, 2.05) is 4.90 Å². The fourth-order valence-electron chi connectivity index (χ4n) is 1.94. The highest BCUT2D eigenvalue weighted by molar-refractivity contribution is 7.10. The van der Waals surface area contributed by atoms with Crippen LogP contribution in [0.4, 0.5) is 0 Å². The van der Waals surface area contributed by atoms with Crippen LogP contribution in [0.3, 0.4) is 0 Å². The van der Waals surface area contributed by atoms with Crippen molar-refractivity contribution in [3.05, 3.63) is 21.9 Å². The zero-order valence-corrected chi connectivity index (χ0v) is 8.73. The van der Waals surface area contributed by atoms with Crippen molar-refractivity contribution >= 4 is 17.2 Å². The van der Waals surface area contributed by atoms with Crippen LogP contribution in [0.25, 0.3) is 0 Å². The van der Waals surface area contributed by atoms with Gasteiger partial charge in [0.1, 0.15) is 0 Å². The molecule has 1 atom stereocenters. The summed E-state index contributed by atoms with van der Waals surface area (Å²) in [6, 6.07) is 2.41. The molecule has 13 heavy (non-hydrogen) atoms. The molecular weight excluding hydrogens is 182 g/mol. The molecule has 0 saturated heterocycles. The third kappa shape index (κ3) is 1.37. The normalized spacial score (nSPS) is 21.4. The van der Waals surface area contributed by atoms with Gasteiger partial charge in [0, 0.05) is 18.3 Å². The van der Waals surface area contributed by atoms with Gasteiger partial charge < -0.3 is 4.90 Å².